The SMILES string of the molecule is CN(O)C(=O)C(=O)CC(O)(Cc1ccc([N+](=O)[O-])cc1)c1ccc(O)c(O)c1O. The Morgan fingerprint density at radius 3 is 2.17 bits per heavy atom. The number of phenolic OH excluding ortho intramolecular Hbond substituents is 3. The molecule has 0 aromatic heterocycles. The molecule has 0 heterocycles. The van der Waals surface area contributed by atoms with Crippen molar-refractivity contribution in [1.29, 1.82) is 0 Å². The largest absolute Gasteiger partial charge is 0.504 e. The zero-order chi connectivity index (χ0) is 21.9. The summed E-state index contributed by atoms with van der Waals surface area (Å²) in [6.07, 6.45) is -1.29. The summed E-state index contributed by atoms with van der Waals surface area (Å²) in [6.45, 7) is 0. The Morgan fingerprint density at radius 2 is 1.66 bits per heavy atom. The highest BCUT2D eigenvalue weighted by molar-refractivity contribution is 6.35. The first-order valence-corrected chi connectivity index (χ1v) is 8.16. The molecule has 2 rings (SSSR count). The Labute approximate surface area is 163 Å². The quantitative estimate of drug-likeness (QED) is 0.147. The molecule has 0 fully saturated rings. The minimum atomic E-state index is -2.26. The van der Waals surface area contributed by atoms with E-state index in [1.54, 1.807) is 0 Å². The van der Waals surface area contributed by atoms with Crippen molar-refractivity contribution < 1.29 is 40.1 Å². The highest BCUT2D eigenvalue weighted by atomic mass is 16.6. The van der Waals surface area contributed by atoms with Crippen molar-refractivity contribution in [2.75, 3.05) is 7.05 Å². The van der Waals surface area contributed by atoms with Crippen molar-refractivity contribution in [3.63, 3.8) is 0 Å². The van der Waals surface area contributed by atoms with E-state index in [1.165, 1.54) is 24.3 Å². The van der Waals surface area contributed by atoms with E-state index < -0.39 is 52.3 Å². The average molecular weight is 406 g/mol. The van der Waals surface area contributed by atoms with E-state index in [4.69, 9.17) is 5.21 Å². The lowest BCUT2D eigenvalue weighted by atomic mass is 9.82. The van der Waals surface area contributed by atoms with E-state index in [-0.39, 0.29) is 16.3 Å². The summed E-state index contributed by atoms with van der Waals surface area (Å²) < 4.78 is 0. The molecule has 1 unspecified atom stereocenters. The number of aliphatic hydroxyl groups is 1. The summed E-state index contributed by atoms with van der Waals surface area (Å²) in [5.74, 6) is -5.06. The number of hydroxylamine groups is 2. The van der Waals surface area contributed by atoms with E-state index in [2.05, 4.69) is 0 Å². The molecule has 0 aliphatic heterocycles. The molecule has 29 heavy (non-hydrogen) atoms. The number of carbonyl (C=O) groups is 2. The molecular formula is C18H18N2O9. The highest BCUT2D eigenvalue weighted by Gasteiger charge is 2.38. The van der Waals surface area contributed by atoms with E-state index in [1.807, 2.05) is 0 Å². The van der Waals surface area contributed by atoms with Crippen LogP contribution in [0.5, 0.6) is 17.2 Å². The molecule has 0 bridgehead atoms. The van der Waals surface area contributed by atoms with E-state index >= 15 is 0 Å². The van der Waals surface area contributed by atoms with Gasteiger partial charge in [0.25, 0.3) is 5.69 Å². The minimum Gasteiger partial charge on any atom is -0.504 e. The number of phenols is 3. The van der Waals surface area contributed by atoms with Crippen molar-refractivity contribution in [2.24, 2.45) is 0 Å². The van der Waals surface area contributed by atoms with Gasteiger partial charge >= 0.3 is 5.91 Å². The Morgan fingerprint density at radius 1 is 1.07 bits per heavy atom. The Hall–Kier alpha value is -3.70. The Kier molecular flexibility index (Phi) is 6.05. The van der Waals surface area contributed by atoms with Gasteiger partial charge in [0.15, 0.2) is 11.5 Å². The Bertz CT molecular complexity index is 957. The zero-order valence-electron chi connectivity index (χ0n) is 15.1. The van der Waals surface area contributed by atoms with Crippen LogP contribution < -0.4 is 0 Å². The molecule has 11 nitrogen and oxygen atoms in total. The summed E-state index contributed by atoms with van der Waals surface area (Å²) in [6, 6.07) is 6.97. The number of Topliss-reactive ketones (excluding diaryl/α,β-unsaturated/α-hetero) is 1. The molecule has 0 aliphatic carbocycles. The highest BCUT2D eigenvalue weighted by Crippen LogP contribution is 2.44. The number of carbonyl (C=O) groups excluding carboxylic acids is 2. The van der Waals surface area contributed by atoms with Crippen molar-refractivity contribution in [2.45, 2.75) is 18.4 Å². The van der Waals surface area contributed by atoms with E-state index in [0.29, 0.717) is 5.56 Å². The molecule has 0 saturated carbocycles. The van der Waals surface area contributed by atoms with Crippen molar-refractivity contribution >= 4 is 17.4 Å². The maximum atomic E-state index is 12.2. The second-order valence-electron chi connectivity index (χ2n) is 6.39. The first-order chi connectivity index (χ1) is 13.5. The van der Waals surface area contributed by atoms with E-state index in [0.717, 1.165) is 19.2 Å². The first kappa shape index (κ1) is 21.6. The summed E-state index contributed by atoms with van der Waals surface area (Å²) in [5.41, 5.74) is -2.53. The molecular weight excluding hydrogens is 388 g/mol. The molecule has 0 radical (unpaired) electrons. The molecule has 2 aromatic carbocycles. The van der Waals surface area contributed by atoms with Crippen LogP contribution in [-0.2, 0) is 21.6 Å². The molecule has 0 spiro atoms. The molecule has 1 amide bonds. The van der Waals surface area contributed by atoms with Crippen LogP contribution >= 0.6 is 0 Å². The number of benzene rings is 2. The van der Waals surface area contributed by atoms with Crippen LogP contribution in [0.1, 0.15) is 17.5 Å². The number of nitro groups is 1. The van der Waals surface area contributed by atoms with Crippen LogP contribution in [0.15, 0.2) is 36.4 Å². The van der Waals surface area contributed by atoms with Crippen molar-refractivity contribution in [1.82, 2.24) is 5.06 Å². The van der Waals surface area contributed by atoms with Gasteiger partial charge in [-0.2, -0.15) is 0 Å². The number of likely N-dealkylation sites (N-methyl/N-ethyl adjacent to an activating group) is 1. The number of amides is 1. The lowest BCUT2D eigenvalue weighted by Gasteiger charge is -2.29. The summed E-state index contributed by atoms with van der Waals surface area (Å²) in [7, 11) is 0.916. The maximum absolute atomic E-state index is 12.2. The van der Waals surface area contributed by atoms with Gasteiger partial charge in [0, 0.05) is 37.6 Å². The van der Waals surface area contributed by atoms with Crippen LogP contribution in [0.3, 0.4) is 0 Å². The Balaban J connectivity index is 2.50. The fourth-order valence-corrected chi connectivity index (χ4v) is 2.79. The fourth-order valence-electron chi connectivity index (χ4n) is 2.79. The molecule has 1 atom stereocenters. The number of non-ortho nitro benzene ring substituents is 1. The third-order valence-electron chi connectivity index (χ3n) is 4.26. The van der Waals surface area contributed by atoms with Gasteiger partial charge in [0.2, 0.25) is 11.5 Å². The number of nitro benzene ring substituents is 1. The number of hydrogen-bond donors (Lipinski definition) is 5. The summed E-state index contributed by atoms with van der Waals surface area (Å²) in [4.78, 5) is 34.0. The first-order valence-electron chi connectivity index (χ1n) is 8.16. The minimum absolute atomic E-state index is 0.0305. The molecule has 154 valence electrons. The van der Waals surface area contributed by atoms with Crippen LogP contribution in [0, 0.1) is 10.1 Å². The second kappa shape index (κ2) is 8.12. The van der Waals surface area contributed by atoms with Gasteiger partial charge < -0.3 is 20.4 Å². The smallest absolute Gasteiger partial charge is 0.313 e. The third-order valence-corrected chi connectivity index (χ3v) is 4.26. The van der Waals surface area contributed by atoms with Crippen LogP contribution in [0.2, 0.25) is 0 Å². The fraction of sp³-hybridized carbons (Fsp3) is 0.222. The van der Waals surface area contributed by atoms with Gasteiger partial charge in [-0.05, 0) is 17.7 Å². The molecule has 11 heteroatoms. The zero-order valence-corrected chi connectivity index (χ0v) is 15.1. The predicted octanol–water partition coefficient (Wildman–Crippen LogP) is 0.949. The van der Waals surface area contributed by atoms with Gasteiger partial charge in [-0.25, -0.2) is 5.06 Å². The molecule has 0 aliphatic rings. The number of aromatic hydroxyl groups is 3. The monoisotopic (exact) mass is 406 g/mol. The standard InChI is InChI=1S/C18H18N2O9/c1-19(27)17(25)14(22)9-18(26,12-6-7-13(21)16(24)15(12)23)8-10-2-4-11(5-3-10)20(28)29/h2-7,21,23-24,26-27H,8-9H2,1H3. The van der Waals surface area contributed by atoms with Crippen molar-refractivity contribution in [3.05, 3.63) is 57.6 Å². The normalized spacial score (nSPS) is 12.8. The third kappa shape index (κ3) is 4.59. The second-order valence-corrected chi connectivity index (χ2v) is 6.39. The topological polar surface area (TPSA) is 182 Å². The predicted molar refractivity (Wildman–Crippen MR) is 96.3 cm³/mol. The van der Waals surface area contributed by atoms with Gasteiger partial charge in [0.1, 0.15) is 5.60 Å². The van der Waals surface area contributed by atoms with Crippen LogP contribution in [0.25, 0.3) is 0 Å². The van der Waals surface area contributed by atoms with Crippen LogP contribution in [0.4, 0.5) is 5.69 Å². The molecule has 0 saturated heterocycles. The lowest BCUT2D eigenvalue weighted by Crippen LogP contribution is -2.38. The van der Waals surface area contributed by atoms with Crippen molar-refractivity contribution in [3.8, 4) is 17.2 Å². The number of hydrogen-bond acceptors (Lipinski definition) is 9. The van der Waals surface area contributed by atoms with Gasteiger partial charge in [-0.15, -0.1) is 0 Å². The van der Waals surface area contributed by atoms with Gasteiger partial charge in [-0.1, -0.05) is 12.1 Å². The number of rotatable bonds is 7. The average Bonchev–Trinajstić information content (AvgIpc) is 2.65. The molecule has 2 aromatic rings. The molecule has 5 N–H and O–H groups in total. The van der Waals surface area contributed by atoms with Gasteiger partial charge in [-0.3, -0.25) is 24.9 Å². The van der Waals surface area contributed by atoms with Gasteiger partial charge in [0.05, 0.1) is 4.92 Å². The van der Waals surface area contributed by atoms with E-state index in [9.17, 15) is 40.1 Å². The number of nitrogens with zero attached hydrogens (tertiary/aromatic N) is 2. The lowest BCUT2D eigenvalue weighted by molar-refractivity contribution is -0.384. The van der Waals surface area contributed by atoms with Crippen LogP contribution in [-0.4, -0.2) is 54.4 Å². The number of ketones is 1. The summed E-state index contributed by atoms with van der Waals surface area (Å²) in [5, 5.41) is 60.5. The maximum Gasteiger partial charge on any atom is 0.313 e. The summed E-state index contributed by atoms with van der Waals surface area (Å²) >= 11 is 0.